The molecule has 0 radical (unpaired) electrons. The topological polar surface area (TPSA) is 115 Å². The van der Waals surface area contributed by atoms with E-state index in [0.717, 1.165) is 29.4 Å². The van der Waals surface area contributed by atoms with Gasteiger partial charge in [-0.2, -0.15) is 0 Å². The molecule has 9 nitrogen and oxygen atoms in total. The SMILES string of the molecule is CC1=CNC(Nc2ccc(N3CCC4CCC3N4C)cc2)=NC1(N)c1ccc2oc(=O)[nH]c2c1. The van der Waals surface area contributed by atoms with Crippen molar-refractivity contribution in [1.29, 1.82) is 0 Å². The molecule has 176 valence electrons. The van der Waals surface area contributed by atoms with E-state index in [2.05, 4.69) is 56.7 Å². The lowest BCUT2D eigenvalue weighted by Crippen LogP contribution is -2.51. The number of rotatable bonds is 3. The van der Waals surface area contributed by atoms with Gasteiger partial charge in [0.15, 0.2) is 11.2 Å². The highest BCUT2D eigenvalue weighted by Gasteiger charge is 2.38. The summed E-state index contributed by atoms with van der Waals surface area (Å²) in [5.74, 6) is 0.0621. The summed E-state index contributed by atoms with van der Waals surface area (Å²) >= 11 is 0. The van der Waals surface area contributed by atoms with Gasteiger partial charge in [-0.15, -0.1) is 0 Å². The van der Waals surface area contributed by atoms with Crippen LogP contribution in [0.15, 0.2) is 68.4 Å². The predicted molar refractivity (Wildman–Crippen MR) is 134 cm³/mol. The molecule has 9 heteroatoms. The Morgan fingerprint density at radius 2 is 2.00 bits per heavy atom. The second-order valence-corrected chi connectivity index (χ2v) is 9.46. The normalized spacial score (nSPS) is 26.9. The van der Waals surface area contributed by atoms with Crippen molar-refractivity contribution in [2.24, 2.45) is 10.7 Å². The fourth-order valence-corrected chi connectivity index (χ4v) is 5.46. The molecule has 0 aliphatic carbocycles. The highest BCUT2D eigenvalue weighted by Crippen LogP contribution is 2.36. The Morgan fingerprint density at radius 3 is 2.82 bits per heavy atom. The van der Waals surface area contributed by atoms with E-state index in [1.54, 1.807) is 6.07 Å². The Balaban J connectivity index is 1.23. The zero-order valence-electron chi connectivity index (χ0n) is 19.3. The van der Waals surface area contributed by atoms with E-state index in [4.69, 9.17) is 15.1 Å². The van der Waals surface area contributed by atoms with Crippen molar-refractivity contribution in [2.45, 2.75) is 44.1 Å². The van der Waals surface area contributed by atoms with Gasteiger partial charge in [0.2, 0.25) is 5.96 Å². The molecule has 3 aliphatic heterocycles. The Bertz CT molecular complexity index is 1360. The summed E-state index contributed by atoms with van der Waals surface area (Å²) in [7, 11) is 2.24. The minimum atomic E-state index is -1.08. The number of benzene rings is 2. The average molecular weight is 460 g/mol. The van der Waals surface area contributed by atoms with Gasteiger partial charge in [-0.05, 0) is 75.2 Å². The third kappa shape index (κ3) is 3.39. The van der Waals surface area contributed by atoms with Crippen molar-refractivity contribution >= 4 is 28.4 Å². The zero-order chi connectivity index (χ0) is 23.4. The fourth-order valence-electron chi connectivity index (χ4n) is 5.46. The first-order valence-electron chi connectivity index (χ1n) is 11.7. The summed E-state index contributed by atoms with van der Waals surface area (Å²) in [6.45, 7) is 3.03. The molecule has 0 spiro atoms. The monoisotopic (exact) mass is 459 g/mol. The average Bonchev–Trinajstić information content (AvgIpc) is 3.29. The lowest BCUT2D eigenvalue weighted by Gasteiger charge is -2.42. The van der Waals surface area contributed by atoms with Gasteiger partial charge in [-0.3, -0.25) is 15.6 Å². The summed E-state index contributed by atoms with van der Waals surface area (Å²) in [5, 5.41) is 6.54. The summed E-state index contributed by atoms with van der Waals surface area (Å²) < 4.78 is 5.11. The summed E-state index contributed by atoms with van der Waals surface area (Å²) in [5.41, 5.74) is 10.5. The fraction of sp³-hybridized carbons (Fsp3) is 0.360. The first-order valence-corrected chi connectivity index (χ1v) is 11.7. The molecule has 2 saturated heterocycles. The van der Waals surface area contributed by atoms with Gasteiger partial charge in [0.1, 0.15) is 0 Å². The van der Waals surface area contributed by atoms with Crippen LogP contribution in [0.25, 0.3) is 11.1 Å². The minimum absolute atomic E-state index is 0.489. The van der Waals surface area contributed by atoms with Crippen LogP contribution in [0.4, 0.5) is 11.4 Å². The molecule has 3 unspecified atom stereocenters. The van der Waals surface area contributed by atoms with Gasteiger partial charge in [-0.1, -0.05) is 6.07 Å². The first-order chi connectivity index (χ1) is 16.4. The Kier molecular flexibility index (Phi) is 4.79. The molecular weight excluding hydrogens is 430 g/mol. The number of fused-ring (bicyclic) bond motifs is 3. The number of aliphatic imine (C=N–C) groups is 1. The molecule has 2 fully saturated rings. The number of hydrogen-bond acceptors (Lipinski definition) is 8. The van der Waals surface area contributed by atoms with Crippen LogP contribution < -0.4 is 27.0 Å². The molecule has 3 atom stereocenters. The van der Waals surface area contributed by atoms with E-state index in [9.17, 15) is 4.79 Å². The van der Waals surface area contributed by atoms with E-state index < -0.39 is 11.4 Å². The number of H-pyrrole nitrogens is 1. The third-order valence-electron chi connectivity index (χ3n) is 7.50. The molecule has 0 saturated carbocycles. The van der Waals surface area contributed by atoms with Crippen LogP contribution in [0.3, 0.4) is 0 Å². The number of hydrogen-bond donors (Lipinski definition) is 4. The molecule has 0 amide bonds. The quantitative estimate of drug-likeness (QED) is 0.476. The van der Waals surface area contributed by atoms with Crippen molar-refractivity contribution in [3.05, 3.63) is 70.4 Å². The van der Waals surface area contributed by atoms with Crippen molar-refractivity contribution in [2.75, 3.05) is 23.8 Å². The molecular formula is C25H29N7O2. The number of nitrogens with one attached hydrogen (secondary N) is 3. The van der Waals surface area contributed by atoms with Crippen LogP contribution in [0, 0.1) is 0 Å². The summed E-state index contributed by atoms with van der Waals surface area (Å²) in [6.07, 6.45) is 6.09. The number of aromatic nitrogens is 1. The van der Waals surface area contributed by atoms with Gasteiger partial charge >= 0.3 is 5.76 Å². The van der Waals surface area contributed by atoms with Crippen molar-refractivity contribution in [3.8, 4) is 0 Å². The number of guanidine groups is 1. The van der Waals surface area contributed by atoms with Crippen molar-refractivity contribution in [1.82, 2.24) is 15.2 Å². The molecule has 1 aromatic heterocycles. The molecule has 34 heavy (non-hydrogen) atoms. The Labute approximate surface area is 197 Å². The molecule has 2 bridgehead atoms. The zero-order valence-corrected chi connectivity index (χ0v) is 19.3. The highest BCUT2D eigenvalue weighted by atomic mass is 16.4. The maximum Gasteiger partial charge on any atom is 0.417 e. The second-order valence-electron chi connectivity index (χ2n) is 9.46. The number of nitrogens with zero attached hydrogens (tertiary/aromatic N) is 3. The van der Waals surface area contributed by atoms with E-state index in [1.807, 2.05) is 25.3 Å². The number of oxazole rings is 1. The van der Waals surface area contributed by atoms with E-state index >= 15 is 0 Å². The number of anilines is 2. The third-order valence-corrected chi connectivity index (χ3v) is 7.50. The number of nitrogens with two attached hydrogens (primary N) is 1. The Hall–Kier alpha value is -3.56. The molecule has 4 heterocycles. The maximum absolute atomic E-state index is 11.5. The van der Waals surface area contributed by atoms with Gasteiger partial charge < -0.3 is 20.0 Å². The molecule has 6 rings (SSSR count). The van der Waals surface area contributed by atoms with Crippen LogP contribution in [0.1, 0.15) is 31.7 Å². The smallest absolute Gasteiger partial charge is 0.408 e. The first kappa shape index (κ1) is 21.0. The summed E-state index contributed by atoms with van der Waals surface area (Å²) in [4.78, 5) is 24.0. The minimum Gasteiger partial charge on any atom is -0.408 e. The molecule has 3 aromatic rings. The largest absolute Gasteiger partial charge is 0.417 e. The molecule has 3 aliphatic rings. The van der Waals surface area contributed by atoms with E-state index in [0.29, 0.717) is 23.2 Å². The highest BCUT2D eigenvalue weighted by molar-refractivity contribution is 5.95. The lowest BCUT2D eigenvalue weighted by molar-refractivity contribution is 0.192. The van der Waals surface area contributed by atoms with Crippen LogP contribution in [-0.4, -0.2) is 41.6 Å². The molecule has 2 aromatic carbocycles. The van der Waals surface area contributed by atoms with Crippen LogP contribution in [0.5, 0.6) is 0 Å². The van der Waals surface area contributed by atoms with Crippen molar-refractivity contribution < 1.29 is 4.42 Å². The van der Waals surface area contributed by atoms with Crippen LogP contribution in [-0.2, 0) is 5.66 Å². The van der Waals surface area contributed by atoms with Gasteiger partial charge in [0.05, 0.1) is 11.7 Å². The second kappa shape index (κ2) is 7.75. The van der Waals surface area contributed by atoms with E-state index in [1.165, 1.54) is 24.9 Å². The van der Waals surface area contributed by atoms with Crippen molar-refractivity contribution in [3.63, 3.8) is 0 Å². The Morgan fingerprint density at radius 1 is 1.18 bits per heavy atom. The van der Waals surface area contributed by atoms with E-state index in [-0.39, 0.29) is 0 Å². The van der Waals surface area contributed by atoms with Gasteiger partial charge in [0.25, 0.3) is 0 Å². The van der Waals surface area contributed by atoms with Gasteiger partial charge in [-0.25, -0.2) is 9.79 Å². The summed E-state index contributed by atoms with van der Waals surface area (Å²) in [6, 6.07) is 14.6. The lowest BCUT2D eigenvalue weighted by atomic mass is 9.93. The molecule has 5 N–H and O–H groups in total. The standard InChI is InChI=1S/C25H29N7O2/c1-15-14-27-23(30-25(15,26)16-3-9-21-20(13-16)29-24(33)34-21)28-17-4-6-19(7-5-17)32-12-11-18-8-10-22(32)31(18)2/h3-7,9,13-14,18,22H,8,10-12,26H2,1-2H3,(H,29,33)(H2,27,28,30). The number of aromatic amines is 1. The van der Waals surface area contributed by atoms with Crippen LogP contribution >= 0.6 is 0 Å². The van der Waals surface area contributed by atoms with Gasteiger partial charge in [0, 0.05) is 35.7 Å². The van der Waals surface area contributed by atoms with Crippen LogP contribution in [0.2, 0.25) is 0 Å². The predicted octanol–water partition coefficient (Wildman–Crippen LogP) is 2.84. The maximum atomic E-state index is 11.5.